The minimum absolute atomic E-state index is 0.00559. The lowest BCUT2D eigenvalue weighted by Crippen LogP contribution is -2.57. The van der Waals surface area contributed by atoms with E-state index in [9.17, 15) is 9.90 Å². The van der Waals surface area contributed by atoms with Gasteiger partial charge in [-0.25, -0.2) is 4.98 Å². The molecule has 5 rings (SSSR count). The molecule has 0 radical (unpaired) electrons. The van der Waals surface area contributed by atoms with Crippen LogP contribution >= 0.6 is 11.8 Å². The number of aromatic nitrogens is 2. The third-order valence-corrected chi connectivity index (χ3v) is 11.6. The van der Waals surface area contributed by atoms with Gasteiger partial charge in [0, 0.05) is 42.9 Å². The van der Waals surface area contributed by atoms with Crippen molar-refractivity contribution >= 4 is 17.5 Å². The summed E-state index contributed by atoms with van der Waals surface area (Å²) in [5.41, 5.74) is -0.279. The van der Waals surface area contributed by atoms with Crippen LogP contribution < -0.4 is 0 Å². The fourth-order valence-electron chi connectivity index (χ4n) is 8.43. The Morgan fingerprint density at radius 3 is 2.70 bits per heavy atom. The van der Waals surface area contributed by atoms with Crippen LogP contribution in [0.4, 0.5) is 0 Å². The minimum atomic E-state index is -0.604. The second-order valence-corrected chi connectivity index (χ2v) is 12.5. The lowest BCUT2D eigenvalue weighted by Gasteiger charge is -2.61. The van der Waals surface area contributed by atoms with Gasteiger partial charge in [-0.1, -0.05) is 32.5 Å². The molecule has 4 nitrogen and oxygen atoms in total. The quantitative estimate of drug-likeness (QED) is 0.678. The van der Waals surface area contributed by atoms with Crippen LogP contribution in [-0.4, -0.2) is 31.8 Å². The van der Waals surface area contributed by atoms with Crippen molar-refractivity contribution in [3.05, 3.63) is 12.4 Å². The average Bonchev–Trinajstić information content (AvgIpc) is 3.22. The maximum absolute atomic E-state index is 12.4. The summed E-state index contributed by atoms with van der Waals surface area (Å²) in [5, 5.41) is 12.9. The minimum Gasteiger partial charge on any atom is -0.388 e. The predicted octanol–water partition coefficient (Wildman–Crippen LogP) is 5.10. The molecule has 8 atom stereocenters. The van der Waals surface area contributed by atoms with Crippen LogP contribution in [0, 0.1) is 40.4 Å². The number of imidazole rings is 1. The van der Waals surface area contributed by atoms with E-state index in [0.717, 1.165) is 54.8 Å². The number of hydrogen-bond acceptors (Lipinski definition) is 4. The SMILES string of the molecule is CC1CC2(C)C(CCC3C2CCC2(C)C3CCC2(O)CSc2nccn2C)CC1=O. The van der Waals surface area contributed by atoms with Gasteiger partial charge in [0.2, 0.25) is 0 Å². The van der Waals surface area contributed by atoms with E-state index in [2.05, 4.69) is 25.8 Å². The molecule has 0 aliphatic heterocycles. The Hall–Kier alpha value is -0.810. The lowest BCUT2D eigenvalue weighted by molar-refractivity contribution is -0.157. The first-order valence-corrected chi connectivity index (χ1v) is 13.0. The molecule has 5 heteroatoms. The summed E-state index contributed by atoms with van der Waals surface area (Å²) in [6.07, 6.45) is 12.6. The van der Waals surface area contributed by atoms with E-state index < -0.39 is 5.60 Å². The van der Waals surface area contributed by atoms with Gasteiger partial charge in [-0.05, 0) is 74.0 Å². The summed E-state index contributed by atoms with van der Waals surface area (Å²) in [6.45, 7) is 7.06. The van der Waals surface area contributed by atoms with Crippen LogP contribution in [0.15, 0.2) is 17.6 Å². The summed E-state index contributed by atoms with van der Waals surface area (Å²) >= 11 is 1.72. The van der Waals surface area contributed by atoms with Gasteiger partial charge in [0.1, 0.15) is 5.78 Å². The summed E-state index contributed by atoms with van der Waals surface area (Å²) in [7, 11) is 2.03. The number of thioether (sulfide) groups is 1. The molecule has 30 heavy (non-hydrogen) atoms. The molecule has 8 unspecified atom stereocenters. The molecule has 1 N–H and O–H groups in total. The maximum Gasteiger partial charge on any atom is 0.167 e. The van der Waals surface area contributed by atoms with Crippen molar-refractivity contribution in [3.8, 4) is 0 Å². The second kappa shape index (κ2) is 7.10. The van der Waals surface area contributed by atoms with E-state index >= 15 is 0 Å². The zero-order valence-electron chi connectivity index (χ0n) is 19.1. The van der Waals surface area contributed by atoms with E-state index in [1.807, 2.05) is 24.0 Å². The Morgan fingerprint density at radius 1 is 1.20 bits per heavy atom. The van der Waals surface area contributed by atoms with Crippen molar-refractivity contribution in [1.82, 2.24) is 9.55 Å². The number of aliphatic hydroxyl groups is 1. The molecule has 0 amide bonds. The first-order chi connectivity index (χ1) is 14.2. The van der Waals surface area contributed by atoms with Gasteiger partial charge in [-0.15, -0.1) is 0 Å². The fraction of sp³-hybridized carbons (Fsp3) is 0.840. The zero-order chi connectivity index (χ0) is 21.3. The molecule has 4 aliphatic rings. The molecule has 4 saturated carbocycles. The highest BCUT2D eigenvalue weighted by molar-refractivity contribution is 7.99. The van der Waals surface area contributed by atoms with Crippen molar-refractivity contribution < 1.29 is 9.90 Å². The van der Waals surface area contributed by atoms with Crippen LogP contribution in [-0.2, 0) is 11.8 Å². The van der Waals surface area contributed by atoms with E-state index in [-0.39, 0.29) is 11.3 Å². The van der Waals surface area contributed by atoms with Crippen LogP contribution in [0.1, 0.15) is 72.1 Å². The van der Waals surface area contributed by atoms with Gasteiger partial charge < -0.3 is 9.67 Å². The molecule has 0 saturated heterocycles. The largest absolute Gasteiger partial charge is 0.388 e. The molecule has 1 aromatic rings. The van der Waals surface area contributed by atoms with Gasteiger partial charge in [0.05, 0.1) is 5.60 Å². The van der Waals surface area contributed by atoms with E-state index in [4.69, 9.17) is 0 Å². The van der Waals surface area contributed by atoms with Gasteiger partial charge in [0.15, 0.2) is 5.16 Å². The third kappa shape index (κ3) is 2.90. The highest BCUT2D eigenvalue weighted by atomic mass is 32.2. The number of rotatable bonds is 3. The molecule has 1 aromatic heterocycles. The number of carbonyl (C=O) groups is 1. The van der Waals surface area contributed by atoms with Crippen LogP contribution in [0.25, 0.3) is 0 Å². The number of nitrogens with zero attached hydrogens (tertiary/aromatic N) is 2. The molecular formula is C25H38N2O2S. The molecule has 4 fully saturated rings. The van der Waals surface area contributed by atoms with Crippen molar-refractivity contribution in [3.63, 3.8) is 0 Å². The number of fused-ring (bicyclic) bond motifs is 5. The number of Topliss-reactive ketones (excluding diaryl/α,β-unsaturated/α-hetero) is 1. The number of hydrogen-bond donors (Lipinski definition) is 1. The summed E-state index contributed by atoms with van der Waals surface area (Å²) in [5.74, 6) is 4.13. The Bertz CT molecular complexity index is 839. The third-order valence-electron chi connectivity index (χ3n) is 10.3. The lowest BCUT2D eigenvalue weighted by atomic mass is 9.44. The topological polar surface area (TPSA) is 55.1 Å². The smallest absolute Gasteiger partial charge is 0.167 e. The van der Waals surface area contributed by atoms with E-state index in [1.165, 1.54) is 19.3 Å². The Morgan fingerprint density at radius 2 is 1.97 bits per heavy atom. The number of ketones is 1. The second-order valence-electron chi connectivity index (χ2n) is 11.6. The summed E-state index contributed by atoms with van der Waals surface area (Å²) in [4.78, 5) is 16.9. The van der Waals surface area contributed by atoms with Crippen LogP contribution in [0.3, 0.4) is 0 Å². The highest BCUT2D eigenvalue weighted by Gasteiger charge is 2.64. The molecular weight excluding hydrogens is 392 g/mol. The normalized spacial score (nSPS) is 48.2. The number of carbonyl (C=O) groups excluding carboxylic acids is 1. The van der Waals surface area contributed by atoms with Crippen molar-refractivity contribution in [2.45, 2.75) is 82.9 Å². The van der Waals surface area contributed by atoms with Crippen LogP contribution in [0.5, 0.6) is 0 Å². The standard InChI is InChI=1S/C25H38N2O2S/c1-16-14-23(2)17(13-21(16)28)5-6-18-19(23)7-9-24(3)20(18)8-10-25(24,29)15-30-22-26-11-12-27(22)4/h11-12,16-20,29H,5-10,13-15H2,1-4H3. The Labute approximate surface area is 185 Å². The highest BCUT2D eigenvalue weighted by Crippen LogP contribution is 2.68. The Balaban J connectivity index is 1.37. The van der Waals surface area contributed by atoms with Gasteiger partial charge in [0.25, 0.3) is 0 Å². The maximum atomic E-state index is 12.4. The fourth-order valence-corrected chi connectivity index (χ4v) is 9.67. The van der Waals surface area contributed by atoms with Crippen LogP contribution in [0.2, 0.25) is 0 Å². The molecule has 1 heterocycles. The molecule has 166 valence electrons. The average molecular weight is 431 g/mol. The first-order valence-electron chi connectivity index (χ1n) is 12.0. The number of aryl methyl sites for hydroxylation is 1. The monoisotopic (exact) mass is 430 g/mol. The van der Waals surface area contributed by atoms with Gasteiger partial charge in [-0.2, -0.15) is 0 Å². The van der Waals surface area contributed by atoms with E-state index in [0.29, 0.717) is 23.0 Å². The van der Waals surface area contributed by atoms with Gasteiger partial charge in [-0.3, -0.25) is 4.79 Å². The molecule has 0 bridgehead atoms. The zero-order valence-corrected chi connectivity index (χ0v) is 19.9. The molecule has 0 spiro atoms. The first kappa shape index (κ1) is 21.1. The molecule has 0 aromatic carbocycles. The molecule has 4 aliphatic carbocycles. The Kier molecular flexibility index (Phi) is 4.98. The van der Waals surface area contributed by atoms with Crippen molar-refractivity contribution in [2.24, 2.45) is 47.5 Å². The van der Waals surface area contributed by atoms with Crippen molar-refractivity contribution in [1.29, 1.82) is 0 Å². The summed E-state index contributed by atoms with van der Waals surface area (Å²) < 4.78 is 2.05. The predicted molar refractivity (Wildman–Crippen MR) is 120 cm³/mol. The van der Waals surface area contributed by atoms with E-state index in [1.54, 1.807) is 11.8 Å². The van der Waals surface area contributed by atoms with Gasteiger partial charge >= 0.3 is 0 Å². The summed E-state index contributed by atoms with van der Waals surface area (Å²) in [6, 6.07) is 0. The van der Waals surface area contributed by atoms with Crippen molar-refractivity contribution in [2.75, 3.05) is 5.75 Å².